The van der Waals surface area contributed by atoms with Crippen LogP contribution in [-0.4, -0.2) is 195 Å². The van der Waals surface area contributed by atoms with Crippen molar-refractivity contribution in [2.75, 3.05) is 73.9 Å². The molecule has 3 amide bonds. The number of amides is 3. The molecule has 0 unspecified atom stereocenters. The number of alkyl carbamates (subject to hydrolysis) is 1. The number of aliphatic hydroxyl groups is 3. The minimum absolute atomic E-state index is 0.0101. The topological polar surface area (TPSA) is 258 Å². The number of allylic oxidation sites excluding steroid dienone is 5. The first kappa shape index (κ1) is 68.4. The van der Waals surface area contributed by atoms with E-state index >= 15 is 0 Å². The van der Waals surface area contributed by atoms with Crippen LogP contribution in [0.1, 0.15) is 144 Å². The van der Waals surface area contributed by atoms with Gasteiger partial charge in [0.2, 0.25) is 11.7 Å². The van der Waals surface area contributed by atoms with Gasteiger partial charge in [0.05, 0.1) is 56.9 Å². The summed E-state index contributed by atoms with van der Waals surface area (Å²) in [5.41, 5.74) is 1.42. The lowest BCUT2D eigenvalue weighted by Crippen LogP contribution is -2.60. The summed E-state index contributed by atoms with van der Waals surface area (Å²) >= 11 is 0. The number of nitrogens with zero attached hydrogens (tertiary/aromatic N) is 2. The fraction of sp³-hybridized carbons (Fsp3) is 0.774. The lowest BCUT2D eigenvalue weighted by molar-refractivity contribution is -0.265. The van der Waals surface area contributed by atoms with E-state index < -0.39 is 90.1 Å². The molecule has 5 rings (SSSR count). The molecule has 5 aliphatic rings. The zero-order valence-electron chi connectivity index (χ0n) is 50.6. The molecule has 4 heterocycles. The smallest absolute Gasteiger partial charge is 0.407 e. The molecule has 82 heavy (non-hydrogen) atoms. The van der Waals surface area contributed by atoms with Crippen molar-refractivity contribution in [3.05, 3.63) is 47.6 Å². The number of Topliss-reactive ketones (excluding diaryl/α,β-unsaturated/α-hetero) is 2. The van der Waals surface area contributed by atoms with Gasteiger partial charge in [-0.2, -0.15) is 0 Å². The van der Waals surface area contributed by atoms with Crippen molar-refractivity contribution in [1.82, 2.24) is 20.4 Å². The Bertz CT molecular complexity index is 2180. The van der Waals surface area contributed by atoms with Crippen LogP contribution >= 0.6 is 0 Å². The van der Waals surface area contributed by atoms with Gasteiger partial charge in [0.15, 0.2) is 0 Å². The van der Waals surface area contributed by atoms with E-state index in [1.165, 1.54) is 4.90 Å². The molecule has 0 radical (unpaired) electrons. The normalized spacial score (nSPS) is 35.5. The van der Waals surface area contributed by atoms with Crippen molar-refractivity contribution in [3.63, 3.8) is 0 Å². The Labute approximate surface area is 487 Å². The molecule has 20 nitrogen and oxygen atoms in total. The van der Waals surface area contributed by atoms with E-state index in [0.29, 0.717) is 128 Å². The van der Waals surface area contributed by atoms with Gasteiger partial charge in [-0.05, 0) is 120 Å². The minimum atomic E-state index is -2.44. The van der Waals surface area contributed by atoms with E-state index in [1.807, 2.05) is 51.2 Å². The molecule has 4 aliphatic heterocycles. The number of carbonyl (C=O) groups excluding carboxylic acids is 6. The van der Waals surface area contributed by atoms with E-state index in [4.69, 9.17) is 33.2 Å². The maximum absolute atomic E-state index is 14.5. The quantitative estimate of drug-likeness (QED) is 0.0539. The number of hydrogen-bond donors (Lipinski definition) is 5. The first-order valence-corrected chi connectivity index (χ1v) is 30.3. The number of likely N-dealkylation sites (tertiary alicyclic amines) is 1. The first-order chi connectivity index (χ1) is 39.1. The third-order valence-corrected chi connectivity index (χ3v) is 17.5. The Morgan fingerprint density at radius 3 is 2.27 bits per heavy atom. The molecule has 4 fully saturated rings. The average Bonchev–Trinajstić information content (AvgIpc) is 3.14. The van der Waals surface area contributed by atoms with Crippen LogP contribution in [0, 0.1) is 29.6 Å². The number of esters is 1. The van der Waals surface area contributed by atoms with Crippen molar-refractivity contribution in [1.29, 1.82) is 0 Å². The number of nitrogens with one attached hydrogen (secondary N) is 2. The van der Waals surface area contributed by atoms with Crippen molar-refractivity contribution in [2.45, 2.75) is 205 Å². The number of ketones is 2. The van der Waals surface area contributed by atoms with Gasteiger partial charge in [-0.1, -0.05) is 64.2 Å². The van der Waals surface area contributed by atoms with Crippen molar-refractivity contribution < 1.29 is 77.2 Å². The summed E-state index contributed by atoms with van der Waals surface area (Å²) in [5.74, 6) is -6.89. The molecule has 3 saturated heterocycles. The van der Waals surface area contributed by atoms with Crippen LogP contribution in [0.2, 0.25) is 0 Å². The summed E-state index contributed by atoms with van der Waals surface area (Å²) in [6, 6.07) is -1.25. The molecular weight excluding hydrogens is 1060 g/mol. The van der Waals surface area contributed by atoms with Gasteiger partial charge in [-0.3, -0.25) is 24.1 Å². The van der Waals surface area contributed by atoms with Crippen molar-refractivity contribution in [2.24, 2.45) is 29.6 Å². The highest BCUT2D eigenvalue weighted by Crippen LogP contribution is 2.38. The standard InChI is InChI=1S/C62H100N4O16/c1-40-15-11-10-12-16-41(2)55(77-8)37-49-21-18-45(6)62(75,82-49)58(71)59(72)66-27-14-13-17-50(66)60(73)80-48(36-51(67)43(4)34-44(5)53(69)38-52(68)42(3)33-40)22-19-46-20-23-54(56(35-46)78-9)81-61(74)64-47-24-28-65(29-25-47)39-57(70)63-26-30-79-32-31-76-7/h10-12,15-16,34,40,42-43,45-51,53-56,67,69,75H,13-14,17-33,35-39H2,1-9H3,(H,63,70)(H,64,74)/b12-10+,15-11+,41-16+,44-34+/t40-,42-,43-,45-,46-,48-,49+,50+,51-,53+,54-,55+,56-,62-/m1/s1. The number of cyclic esters (lactones) is 1. The summed E-state index contributed by atoms with van der Waals surface area (Å²) in [6.07, 6.45) is 13.0. The molecule has 1 aliphatic carbocycles. The van der Waals surface area contributed by atoms with E-state index in [2.05, 4.69) is 15.5 Å². The number of rotatable bonds is 15. The van der Waals surface area contributed by atoms with Crippen LogP contribution in [0.5, 0.6) is 0 Å². The second kappa shape index (κ2) is 34.5. The van der Waals surface area contributed by atoms with E-state index in [0.717, 1.165) is 5.57 Å². The van der Waals surface area contributed by atoms with Gasteiger partial charge >= 0.3 is 12.1 Å². The number of hydrogen-bond acceptors (Lipinski definition) is 17. The number of ether oxygens (including phenoxy) is 7. The molecule has 0 aromatic rings. The zero-order valence-corrected chi connectivity index (χ0v) is 50.6. The highest BCUT2D eigenvalue weighted by atomic mass is 16.6. The monoisotopic (exact) mass is 1160 g/mol. The third kappa shape index (κ3) is 21.3. The Hall–Kier alpha value is -4.38. The van der Waals surface area contributed by atoms with Crippen LogP contribution in [0.4, 0.5) is 4.79 Å². The lowest BCUT2D eigenvalue weighted by atomic mass is 9.81. The Kier molecular flexibility index (Phi) is 28.8. The van der Waals surface area contributed by atoms with Gasteiger partial charge in [0, 0.05) is 90.6 Å². The SMILES string of the molecule is COCCOCCNC(=O)CN1CCC(NC(=O)O[C@@H]2CC[C@@H](CC[C@@H]3C[C@@H](O)[C@H](C)/C=C(\C)[C@@H](O)CC(=O)[C@H](C)C[C@H](C)/C=C/C=C/C=C(\C)[C@@H](OC)C[C@@H]4CC[C@@H](C)[C@@](O)(O4)C(=O)C(=O)N4CCCC[C@H]4C(=O)O3)C[C@H]2OC)CC1. The van der Waals surface area contributed by atoms with E-state index in [9.17, 15) is 44.1 Å². The van der Waals surface area contributed by atoms with E-state index in [1.54, 1.807) is 48.2 Å². The number of piperidine rings is 2. The summed E-state index contributed by atoms with van der Waals surface area (Å²) in [6.45, 7) is 14.4. The Balaban J connectivity index is 1.27. The largest absolute Gasteiger partial charge is 0.461 e. The molecular formula is C62H100N4O16. The maximum atomic E-state index is 14.5. The maximum Gasteiger partial charge on any atom is 0.407 e. The van der Waals surface area contributed by atoms with Crippen LogP contribution in [-0.2, 0) is 57.1 Å². The van der Waals surface area contributed by atoms with E-state index in [-0.39, 0.29) is 67.8 Å². The molecule has 1 saturated carbocycles. The molecule has 0 aromatic carbocycles. The van der Waals surface area contributed by atoms with Gasteiger partial charge in [-0.25, -0.2) is 9.59 Å². The minimum Gasteiger partial charge on any atom is -0.461 e. The van der Waals surface area contributed by atoms with Crippen LogP contribution < -0.4 is 10.6 Å². The molecule has 20 heteroatoms. The average molecular weight is 1160 g/mol. The highest BCUT2D eigenvalue weighted by Gasteiger charge is 2.53. The summed E-state index contributed by atoms with van der Waals surface area (Å²) in [5, 5.41) is 41.0. The second-order valence-electron chi connectivity index (χ2n) is 24.0. The van der Waals surface area contributed by atoms with Gasteiger partial charge in [0.1, 0.15) is 24.0 Å². The highest BCUT2D eigenvalue weighted by molar-refractivity contribution is 6.39. The van der Waals surface area contributed by atoms with Crippen LogP contribution in [0.3, 0.4) is 0 Å². The zero-order chi connectivity index (χ0) is 59.9. The summed E-state index contributed by atoms with van der Waals surface area (Å²) in [4.78, 5) is 85.6. The van der Waals surface area contributed by atoms with Crippen molar-refractivity contribution >= 4 is 35.4 Å². The molecule has 2 bridgehead atoms. The molecule has 464 valence electrons. The fourth-order valence-corrected chi connectivity index (χ4v) is 12.0. The molecule has 0 aromatic heterocycles. The molecule has 14 atom stereocenters. The number of fused-ring (bicyclic) bond motifs is 3. The molecule has 0 spiro atoms. The van der Waals surface area contributed by atoms with Gasteiger partial charge in [0.25, 0.3) is 11.7 Å². The Morgan fingerprint density at radius 2 is 1.55 bits per heavy atom. The predicted molar refractivity (Wildman–Crippen MR) is 308 cm³/mol. The van der Waals surface area contributed by atoms with Crippen molar-refractivity contribution in [3.8, 4) is 0 Å². The third-order valence-electron chi connectivity index (χ3n) is 17.5. The number of aliphatic hydroxyl groups excluding tert-OH is 2. The van der Waals surface area contributed by atoms with Gasteiger partial charge in [-0.15, -0.1) is 0 Å². The number of carbonyl (C=O) groups is 6. The lowest BCUT2D eigenvalue weighted by Gasteiger charge is -2.42. The van der Waals surface area contributed by atoms with Crippen LogP contribution in [0.15, 0.2) is 47.6 Å². The Morgan fingerprint density at radius 1 is 0.793 bits per heavy atom. The predicted octanol–water partition coefficient (Wildman–Crippen LogP) is 6.08. The van der Waals surface area contributed by atoms with Gasteiger partial charge < -0.3 is 64.0 Å². The fourth-order valence-electron chi connectivity index (χ4n) is 12.0. The number of methoxy groups -OCH3 is 3. The second-order valence-corrected chi connectivity index (χ2v) is 24.0. The first-order valence-electron chi connectivity index (χ1n) is 30.3. The van der Waals surface area contributed by atoms with Crippen LogP contribution in [0.25, 0.3) is 0 Å². The summed E-state index contributed by atoms with van der Waals surface area (Å²) in [7, 11) is 4.77. The summed E-state index contributed by atoms with van der Waals surface area (Å²) < 4.78 is 40.6. The molecule has 5 N–H and O–H groups in total.